The van der Waals surface area contributed by atoms with Gasteiger partial charge >= 0.3 is 6.18 Å². The van der Waals surface area contributed by atoms with Gasteiger partial charge in [0.1, 0.15) is 17.1 Å². The Balaban J connectivity index is 1.71. The number of aromatic nitrogens is 1. The minimum atomic E-state index is -4.50. The van der Waals surface area contributed by atoms with Gasteiger partial charge in [-0.2, -0.15) is 24.5 Å². The molecule has 154 valence electrons. The summed E-state index contributed by atoms with van der Waals surface area (Å²) in [6.07, 6.45) is -4.67. The van der Waals surface area contributed by atoms with E-state index in [2.05, 4.69) is 10.3 Å². The van der Waals surface area contributed by atoms with Crippen LogP contribution in [0.2, 0.25) is 0 Å². The number of benzene rings is 1. The molecule has 3 aromatic rings. The van der Waals surface area contributed by atoms with Crippen molar-refractivity contribution in [3.63, 3.8) is 0 Å². The number of halogens is 3. The molecule has 0 spiro atoms. The van der Waals surface area contributed by atoms with Crippen molar-refractivity contribution in [2.75, 3.05) is 0 Å². The second-order valence-electron chi connectivity index (χ2n) is 6.85. The van der Waals surface area contributed by atoms with Gasteiger partial charge < -0.3 is 10.1 Å². The van der Waals surface area contributed by atoms with E-state index in [1.165, 1.54) is 29.5 Å². The van der Waals surface area contributed by atoms with Crippen LogP contribution in [0, 0.1) is 0 Å². The number of rotatable bonds is 4. The first-order valence-corrected chi connectivity index (χ1v) is 9.89. The SMILES string of the molecule is O=C1CC(=O)NC(c2ccsc2)(c2cccc(Oc3cccc(C(F)(F)F)c3)n2)C1. The molecular formula is C21H15F3N2O3S. The van der Waals surface area contributed by atoms with E-state index in [9.17, 15) is 22.8 Å². The van der Waals surface area contributed by atoms with Gasteiger partial charge in [0.15, 0.2) is 0 Å². The number of ketones is 1. The second-order valence-corrected chi connectivity index (χ2v) is 7.63. The molecule has 1 amide bonds. The Hall–Kier alpha value is -3.20. The number of pyridine rings is 1. The van der Waals surface area contributed by atoms with Gasteiger partial charge in [0.2, 0.25) is 11.8 Å². The van der Waals surface area contributed by atoms with Crippen molar-refractivity contribution >= 4 is 23.0 Å². The quantitative estimate of drug-likeness (QED) is 0.608. The number of nitrogens with zero attached hydrogens (tertiary/aromatic N) is 1. The van der Waals surface area contributed by atoms with Gasteiger partial charge in [-0.05, 0) is 46.7 Å². The van der Waals surface area contributed by atoms with Crippen molar-refractivity contribution in [1.82, 2.24) is 10.3 Å². The van der Waals surface area contributed by atoms with Crippen LogP contribution in [0.15, 0.2) is 59.3 Å². The molecule has 1 unspecified atom stereocenters. The maximum Gasteiger partial charge on any atom is 0.416 e. The Labute approximate surface area is 173 Å². The van der Waals surface area contributed by atoms with Crippen molar-refractivity contribution in [2.24, 2.45) is 0 Å². The lowest BCUT2D eigenvalue weighted by Gasteiger charge is -2.36. The highest BCUT2D eigenvalue weighted by atomic mass is 32.1. The highest BCUT2D eigenvalue weighted by molar-refractivity contribution is 7.08. The number of carbonyl (C=O) groups excluding carboxylic acids is 2. The first-order valence-electron chi connectivity index (χ1n) is 8.94. The van der Waals surface area contributed by atoms with Crippen LogP contribution in [0.5, 0.6) is 11.6 Å². The van der Waals surface area contributed by atoms with E-state index < -0.39 is 23.2 Å². The number of thiophene rings is 1. The van der Waals surface area contributed by atoms with Crippen LogP contribution in [0.4, 0.5) is 13.2 Å². The fourth-order valence-electron chi connectivity index (χ4n) is 3.41. The van der Waals surface area contributed by atoms with Gasteiger partial charge in [0.25, 0.3) is 0 Å². The maximum absolute atomic E-state index is 13.0. The molecule has 0 aliphatic carbocycles. The molecule has 1 atom stereocenters. The summed E-state index contributed by atoms with van der Waals surface area (Å²) in [4.78, 5) is 28.8. The molecule has 1 fully saturated rings. The summed E-state index contributed by atoms with van der Waals surface area (Å²) < 4.78 is 44.4. The van der Waals surface area contributed by atoms with Crippen LogP contribution < -0.4 is 10.1 Å². The summed E-state index contributed by atoms with van der Waals surface area (Å²) in [7, 11) is 0. The number of nitrogens with one attached hydrogen (secondary N) is 1. The number of hydrogen-bond acceptors (Lipinski definition) is 5. The molecule has 1 aliphatic rings. The van der Waals surface area contributed by atoms with Crippen molar-refractivity contribution in [2.45, 2.75) is 24.6 Å². The number of ether oxygens (including phenoxy) is 1. The largest absolute Gasteiger partial charge is 0.439 e. The first-order chi connectivity index (χ1) is 14.3. The molecule has 9 heteroatoms. The van der Waals surface area contributed by atoms with Crippen LogP contribution in [-0.4, -0.2) is 16.7 Å². The van der Waals surface area contributed by atoms with Gasteiger partial charge in [-0.15, -0.1) is 0 Å². The third kappa shape index (κ3) is 3.93. The molecule has 1 aliphatic heterocycles. The predicted molar refractivity (Wildman–Crippen MR) is 103 cm³/mol. The molecule has 0 bridgehead atoms. The number of Topliss-reactive ketones (excluding diaryl/α,β-unsaturated/α-hetero) is 1. The van der Waals surface area contributed by atoms with E-state index in [1.807, 2.05) is 10.8 Å². The zero-order valence-corrected chi connectivity index (χ0v) is 16.2. The molecule has 3 heterocycles. The van der Waals surface area contributed by atoms with Crippen LogP contribution in [-0.2, 0) is 21.3 Å². The van der Waals surface area contributed by atoms with Crippen LogP contribution in [0.1, 0.15) is 29.7 Å². The monoisotopic (exact) mass is 432 g/mol. The molecular weight excluding hydrogens is 417 g/mol. The summed E-state index contributed by atoms with van der Waals surface area (Å²) in [5.74, 6) is -0.615. The molecule has 1 saturated heterocycles. The Bertz CT molecular complexity index is 1080. The third-order valence-electron chi connectivity index (χ3n) is 4.73. The topological polar surface area (TPSA) is 68.3 Å². The Morgan fingerprint density at radius 2 is 1.90 bits per heavy atom. The Morgan fingerprint density at radius 3 is 2.60 bits per heavy atom. The smallest absolute Gasteiger partial charge is 0.416 e. The number of carbonyl (C=O) groups is 2. The zero-order chi connectivity index (χ0) is 21.4. The normalized spacial score (nSPS) is 19.4. The van der Waals surface area contributed by atoms with Crippen molar-refractivity contribution in [3.8, 4) is 11.6 Å². The molecule has 2 aromatic heterocycles. The standard InChI is InChI=1S/C21H15F3N2O3S/c22-21(23,24)13-3-1-4-16(9-13)29-19-6-2-5-17(25-19)20(14-7-8-30-12-14)11-15(27)10-18(28)26-20/h1-9,12H,10-11H2,(H,26,28). The molecule has 30 heavy (non-hydrogen) atoms. The average Bonchev–Trinajstić information content (AvgIpc) is 3.22. The number of hydrogen-bond donors (Lipinski definition) is 1. The molecule has 0 saturated carbocycles. The van der Waals surface area contributed by atoms with Gasteiger partial charge in [-0.3, -0.25) is 9.59 Å². The minimum Gasteiger partial charge on any atom is -0.439 e. The van der Waals surface area contributed by atoms with Crippen molar-refractivity contribution in [3.05, 3.63) is 76.1 Å². The van der Waals surface area contributed by atoms with E-state index in [-0.39, 0.29) is 30.3 Å². The minimum absolute atomic E-state index is 0.0233. The Morgan fingerprint density at radius 1 is 1.10 bits per heavy atom. The van der Waals surface area contributed by atoms with Gasteiger partial charge in [-0.25, -0.2) is 4.98 Å². The highest BCUT2D eigenvalue weighted by Gasteiger charge is 2.43. The predicted octanol–water partition coefficient (Wildman–Crippen LogP) is 4.68. The van der Waals surface area contributed by atoms with Crippen LogP contribution in [0.3, 0.4) is 0 Å². The summed E-state index contributed by atoms with van der Waals surface area (Å²) >= 11 is 1.41. The van der Waals surface area contributed by atoms with E-state index in [0.717, 1.165) is 12.1 Å². The van der Waals surface area contributed by atoms with Crippen LogP contribution in [0.25, 0.3) is 0 Å². The second kappa shape index (κ2) is 7.56. The van der Waals surface area contributed by atoms with Gasteiger partial charge in [0.05, 0.1) is 17.7 Å². The molecule has 1 aromatic carbocycles. The number of alkyl halides is 3. The Kier molecular flexibility index (Phi) is 5.07. The number of amides is 1. The summed E-state index contributed by atoms with van der Waals surface area (Å²) in [6.45, 7) is 0. The lowest BCUT2D eigenvalue weighted by molar-refractivity contribution is -0.138. The van der Waals surface area contributed by atoms with Crippen molar-refractivity contribution < 1.29 is 27.5 Å². The van der Waals surface area contributed by atoms with E-state index in [1.54, 1.807) is 18.2 Å². The van der Waals surface area contributed by atoms with Gasteiger partial charge in [-0.1, -0.05) is 12.1 Å². The molecule has 1 N–H and O–H groups in total. The van der Waals surface area contributed by atoms with Crippen molar-refractivity contribution in [1.29, 1.82) is 0 Å². The first kappa shape index (κ1) is 20.1. The van der Waals surface area contributed by atoms with E-state index >= 15 is 0 Å². The van der Waals surface area contributed by atoms with E-state index in [4.69, 9.17) is 4.74 Å². The lowest BCUT2D eigenvalue weighted by Crippen LogP contribution is -2.52. The maximum atomic E-state index is 13.0. The fraction of sp³-hybridized carbons (Fsp3) is 0.190. The fourth-order valence-corrected chi connectivity index (χ4v) is 4.14. The average molecular weight is 432 g/mol. The molecule has 0 radical (unpaired) electrons. The summed E-state index contributed by atoms with van der Waals surface area (Å²) in [5, 5.41) is 6.52. The molecule has 5 nitrogen and oxygen atoms in total. The summed E-state index contributed by atoms with van der Waals surface area (Å²) in [6, 6.07) is 11.0. The van der Waals surface area contributed by atoms with Gasteiger partial charge in [0, 0.05) is 12.5 Å². The molecule has 4 rings (SSSR count). The third-order valence-corrected chi connectivity index (χ3v) is 5.41. The number of piperidine rings is 1. The summed E-state index contributed by atoms with van der Waals surface area (Å²) in [5.41, 5.74) is -0.917. The van der Waals surface area contributed by atoms with E-state index in [0.29, 0.717) is 11.3 Å². The van der Waals surface area contributed by atoms with Crippen LogP contribution >= 0.6 is 11.3 Å². The highest BCUT2D eigenvalue weighted by Crippen LogP contribution is 2.38. The lowest BCUT2D eigenvalue weighted by atomic mass is 9.80. The zero-order valence-electron chi connectivity index (χ0n) is 15.4.